The van der Waals surface area contributed by atoms with Crippen molar-refractivity contribution in [2.24, 2.45) is 11.3 Å². The molecule has 1 atom stereocenters. The average molecular weight is 168 g/mol. The molecule has 2 aliphatic rings. The Morgan fingerprint density at radius 2 is 2.00 bits per heavy atom. The highest BCUT2D eigenvalue weighted by Gasteiger charge is 2.52. The zero-order valence-corrected chi connectivity index (χ0v) is 7.80. The van der Waals surface area contributed by atoms with Crippen molar-refractivity contribution in [3.63, 3.8) is 0 Å². The number of carbonyl (C=O) groups is 1. The van der Waals surface area contributed by atoms with Gasteiger partial charge in [-0.3, -0.25) is 4.79 Å². The lowest BCUT2D eigenvalue weighted by Crippen LogP contribution is -2.26. The van der Waals surface area contributed by atoms with Crippen molar-refractivity contribution in [2.45, 2.75) is 45.6 Å². The molecular formula is C10H16O2. The van der Waals surface area contributed by atoms with Crippen LogP contribution in [0, 0.1) is 11.3 Å². The fourth-order valence-corrected chi connectivity index (χ4v) is 1.60. The lowest BCUT2D eigenvalue weighted by molar-refractivity contribution is -0.155. The van der Waals surface area contributed by atoms with E-state index in [1.165, 1.54) is 6.42 Å². The number of rotatable bonds is 2. The molecule has 2 saturated carbocycles. The van der Waals surface area contributed by atoms with E-state index in [2.05, 4.69) is 13.8 Å². The zero-order valence-electron chi connectivity index (χ0n) is 7.80. The minimum atomic E-state index is 0.0460. The topological polar surface area (TPSA) is 26.3 Å². The van der Waals surface area contributed by atoms with Crippen LogP contribution in [0.2, 0.25) is 0 Å². The van der Waals surface area contributed by atoms with Gasteiger partial charge in [-0.25, -0.2) is 0 Å². The third-order valence-corrected chi connectivity index (χ3v) is 3.13. The molecule has 0 aromatic rings. The molecule has 12 heavy (non-hydrogen) atoms. The monoisotopic (exact) mass is 168 g/mol. The van der Waals surface area contributed by atoms with E-state index in [9.17, 15) is 4.79 Å². The first-order chi connectivity index (χ1) is 5.59. The van der Waals surface area contributed by atoms with Crippen LogP contribution in [0.4, 0.5) is 0 Å². The molecule has 2 fully saturated rings. The summed E-state index contributed by atoms with van der Waals surface area (Å²) in [7, 11) is 0. The molecule has 0 saturated heterocycles. The van der Waals surface area contributed by atoms with Gasteiger partial charge in [-0.1, -0.05) is 13.8 Å². The Kier molecular flexibility index (Phi) is 1.67. The Hall–Kier alpha value is -0.530. The van der Waals surface area contributed by atoms with Gasteiger partial charge >= 0.3 is 5.97 Å². The summed E-state index contributed by atoms with van der Waals surface area (Å²) in [6, 6.07) is 0. The Morgan fingerprint density at radius 3 is 2.33 bits per heavy atom. The average Bonchev–Trinajstić information content (AvgIpc) is 2.50. The van der Waals surface area contributed by atoms with Crippen molar-refractivity contribution in [1.29, 1.82) is 0 Å². The van der Waals surface area contributed by atoms with Gasteiger partial charge in [-0.15, -0.1) is 0 Å². The fourth-order valence-electron chi connectivity index (χ4n) is 1.60. The summed E-state index contributed by atoms with van der Waals surface area (Å²) in [6.07, 6.45) is 4.66. The van der Waals surface area contributed by atoms with E-state index < -0.39 is 0 Å². The highest BCUT2D eigenvalue weighted by molar-refractivity contribution is 5.76. The molecule has 0 N–H and O–H groups in total. The van der Waals surface area contributed by atoms with Gasteiger partial charge in [0.05, 0.1) is 5.92 Å². The quantitative estimate of drug-likeness (QED) is 0.590. The Bertz CT molecular complexity index is 204. The lowest BCUT2D eigenvalue weighted by Gasteiger charge is -2.25. The van der Waals surface area contributed by atoms with Gasteiger partial charge in [0.2, 0.25) is 0 Å². The van der Waals surface area contributed by atoms with Gasteiger partial charge in [0.15, 0.2) is 0 Å². The molecule has 0 amide bonds. The largest absolute Gasteiger partial charge is 0.462 e. The van der Waals surface area contributed by atoms with Gasteiger partial charge in [-0.05, 0) is 31.1 Å². The molecule has 2 aliphatic carbocycles. The predicted molar refractivity (Wildman–Crippen MR) is 45.6 cm³/mol. The van der Waals surface area contributed by atoms with Gasteiger partial charge in [0.25, 0.3) is 0 Å². The van der Waals surface area contributed by atoms with Gasteiger partial charge in [-0.2, -0.15) is 0 Å². The zero-order chi connectivity index (χ0) is 8.77. The van der Waals surface area contributed by atoms with Gasteiger partial charge < -0.3 is 4.74 Å². The molecule has 68 valence electrons. The second-order valence-corrected chi connectivity index (χ2v) is 4.74. The lowest BCUT2D eigenvalue weighted by atomic mass is 9.96. The molecule has 0 bridgehead atoms. The number of esters is 1. The standard InChI is InChI=1S/C10H16O2/c1-10(2)6-8(10)9(11)12-7-4-3-5-7/h7-8H,3-6H2,1-2H3/t8-/m1/s1. The van der Waals surface area contributed by atoms with E-state index in [1.54, 1.807) is 0 Å². The highest BCUT2D eigenvalue weighted by atomic mass is 16.5. The van der Waals surface area contributed by atoms with E-state index in [1.807, 2.05) is 0 Å². The fraction of sp³-hybridized carbons (Fsp3) is 0.900. The summed E-state index contributed by atoms with van der Waals surface area (Å²) in [5.74, 6) is 0.239. The van der Waals surface area contributed by atoms with Gasteiger partial charge in [0, 0.05) is 0 Å². The van der Waals surface area contributed by atoms with Crippen molar-refractivity contribution in [3.05, 3.63) is 0 Å². The van der Waals surface area contributed by atoms with Crippen molar-refractivity contribution in [1.82, 2.24) is 0 Å². The Morgan fingerprint density at radius 1 is 1.42 bits per heavy atom. The Balaban J connectivity index is 1.78. The SMILES string of the molecule is CC1(C)C[C@@H]1C(=O)OC1CCC1. The molecule has 0 aliphatic heterocycles. The van der Waals surface area contributed by atoms with E-state index in [4.69, 9.17) is 4.74 Å². The van der Waals surface area contributed by atoms with E-state index in [0.717, 1.165) is 19.3 Å². The van der Waals surface area contributed by atoms with Crippen LogP contribution in [-0.4, -0.2) is 12.1 Å². The van der Waals surface area contributed by atoms with Gasteiger partial charge in [0.1, 0.15) is 6.10 Å². The van der Waals surface area contributed by atoms with E-state index in [-0.39, 0.29) is 23.4 Å². The van der Waals surface area contributed by atoms with Crippen LogP contribution in [0.1, 0.15) is 39.5 Å². The van der Waals surface area contributed by atoms with Crippen LogP contribution in [0.15, 0.2) is 0 Å². The highest BCUT2D eigenvalue weighted by Crippen LogP contribution is 2.52. The third kappa shape index (κ3) is 1.35. The first-order valence-corrected chi connectivity index (χ1v) is 4.80. The van der Waals surface area contributed by atoms with Crippen LogP contribution in [0.5, 0.6) is 0 Å². The molecule has 0 aromatic heterocycles. The summed E-state index contributed by atoms with van der Waals surface area (Å²) < 4.78 is 5.31. The smallest absolute Gasteiger partial charge is 0.309 e. The maximum atomic E-state index is 11.4. The summed E-state index contributed by atoms with van der Waals surface area (Å²) in [5.41, 5.74) is 0.223. The summed E-state index contributed by atoms with van der Waals surface area (Å²) in [6.45, 7) is 4.25. The van der Waals surface area contributed by atoms with Crippen molar-refractivity contribution >= 4 is 5.97 Å². The molecule has 0 spiro atoms. The summed E-state index contributed by atoms with van der Waals surface area (Å²) >= 11 is 0. The summed E-state index contributed by atoms with van der Waals surface area (Å²) in [4.78, 5) is 11.4. The molecular weight excluding hydrogens is 152 g/mol. The maximum Gasteiger partial charge on any atom is 0.309 e. The van der Waals surface area contributed by atoms with E-state index >= 15 is 0 Å². The van der Waals surface area contributed by atoms with E-state index in [0.29, 0.717) is 0 Å². The molecule has 2 rings (SSSR count). The second-order valence-electron chi connectivity index (χ2n) is 4.74. The molecule has 2 heteroatoms. The minimum absolute atomic E-state index is 0.0460. The van der Waals surface area contributed by atoms with Crippen molar-refractivity contribution < 1.29 is 9.53 Å². The summed E-state index contributed by atoms with van der Waals surface area (Å²) in [5, 5.41) is 0. The van der Waals surface area contributed by atoms with Crippen LogP contribution < -0.4 is 0 Å². The Labute approximate surface area is 73.3 Å². The molecule has 0 heterocycles. The molecule has 0 aromatic carbocycles. The molecule has 0 radical (unpaired) electrons. The number of hydrogen-bond acceptors (Lipinski definition) is 2. The second kappa shape index (κ2) is 2.48. The van der Waals surface area contributed by atoms with Crippen LogP contribution in [0.25, 0.3) is 0 Å². The third-order valence-electron chi connectivity index (χ3n) is 3.13. The maximum absolute atomic E-state index is 11.4. The van der Waals surface area contributed by atoms with Crippen molar-refractivity contribution in [3.8, 4) is 0 Å². The first-order valence-electron chi connectivity index (χ1n) is 4.80. The van der Waals surface area contributed by atoms with Crippen molar-refractivity contribution in [2.75, 3.05) is 0 Å². The number of carbonyl (C=O) groups excluding carboxylic acids is 1. The minimum Gasteiger partial charge on any atom is -0.462 e. The molecule has 2 nitrogen and oxygen atoms in total. The number of ether oxygens (including phenoxy) is 1. The van der Waals surface area contributed by atoms with Crippen LogP contribution in [0.3, 0.4) is 0 Å². The predicted octanol–water partition coefficient (Wildman–Crippen LogP) is 2.13. The van der Waals surface area contributed by atoms with Crippen LogP contribution >= 0.6 is 0 Å². The molecule has 0 unspecified atom stereocenters. The van der Waals surface area contributed by atoms with Crippen LogP contribution in [-0.2, 0) is 9.53 Å². The number of hydrogen-bond donors (Lipinski definition) is 0. The first kappa shape index (κ1) is 8.09. The normalized spacial score (nSPS) is 32.3.